The number of ether oxygens (including phenoxy) is 1. The van der Waals surface area contributed by atoms with Crippen molar-refractivity contribution in [2.24, 2.45) is 10.2 Å². The lowest BCUT2D eigenvalue weighted by Gasteiger charge is -2.31. The van der Waals surface area contributed by atoms with E-state index in [-0.39, 0.29) is 5.69 Å². The third kappa shape index (κ3) is 5.13. The summed E-state index contributed by atoms with van der Waals surface area (Å²) < 4.78 is 5.53. The van der Waals surface area contributed by atoms with Gasteiger partial charge in [-0.05, 0) is 41.7 Å². The molecule has 1 heterocycles. The maximum Gasteiger partial charge on any atom is 0.278 e. The van der Waals surface area contributed by atoms with Gasteiger partial charge >= 0.3 is 0 Å². The highest BCUT2D eigenvalue weighted by Gasteiger charge is 2.25. The van der Waals surface area contributed by atoms with Crippen molar-refractivity contribution >= 4 is 24.2 Å². The second-order valence-corrected chi connectivity index (χ2v) is 7.36. The zero-order valence-corrected chi connectivity index (χ0v) is 17.2. The number of hydrogen-bond donors (Lipinski definition) is 0. The Morgan fingerprint density at radius 1 is 0.935 bits per heavy atom. The van der Waals surface area contributed by atoms with E-state index in [9.17, 15) is 10.1 Å². The van der Waals surface area contributed by atoms with Crippen LogP contribution in [0.4, 0.5) is 5.69 Å². The van der Waals surface area contributed by atoms with Crippen molar-refractivity contribution in [3.8, 4) is 0 Å². The fraction of sp³-hybridized carbons (Fsp3) is 0.250. The molecule has 0 radical (unpaired) electrons. The fourth-order valence-corrected chi connectivity index (χ4v) is 3.88. The van der Waals surface area contributed by atoms with E-state index in [0.29, 0.717) is 18.8 Å². The van der Waals surface area contributed by atoms with E-state index < -0.39 is 4.92 Å². The molecular weight excluding hydrogens is 392 g/mol. The van der Waals surface area contributed by atoms with Crippen LogP contribution in [0.3, 0.4) is 0 Å². The molecular formula is C24H24N4O3. The summed E-state index contributed by atoms with van der Waals surface area (Å²) in [6.07, 6.45) is 7.27. The molecule has 2 aromatic rings. The standard InChI is InChI=1S/C24H24N4O3/c29-28(30)23-9-5-4-8-21(23)17-25-26-18-22-11-10-20(16-19-6-2-1-3-7-19)24(22)27-12-14-31-15-13-27/h1-9,16-18H,10-15H2. The first kappa shape index (κ1) is 20.7. The van der Waals surface area contributed by atoms with E-state index in [2.05, 4.69) is 33.3 Å². The summed E-state index contributed by atoms with van der Waals surface area (Å²) in [4.78, 5) is 13.1. The topological polar surface area (TPSA) is 80.3 Å². The SMILES string of the molecule is O=[N+]([O-])c1ccccc1C=NN=CC1=C(N2CCOCC2)C(=Cc2ccccc2)CC1. The van der Waals surface area contributed by atoms with Gasteiger partial charge in [-0.3, -0.25) is 10.1 Å². The van der Waals surface area contributed by atoms with Gasteiger partial charge in [0.15, 0.2) is 0 Å². The minimum absolute atomic E-state index is 0.0172. The van der Waals surface area contributed by atoms with Crippen LogP contribution in [0.25, 0.3) is 6.08 Å². The van der Waals surface area contributed by atoms with Gasteiger partial charge in [0, 0.05) is 24.9 Å². The molecule has 0 spiro atoms. The van der Waals surface area contributed by atoms with Gasteiger partial charge < -0.3 is 9.64 Å². The van der Waals surface area contributed by atoms with Gasteiger partial charge in [0.1, 0.15) is 0 Å². The number of nitrogens with zero attached hydrogens (tertiary/aromatic N) is 4. The molecule has 0 saturated carbocycles. The average molecular weight is 416 g/mol. The second kappa shape index (κ2) is 9.95. The molecule has 7 nitrogen and oxygen atoms in total. The Kier molecular flexibility index (Phi) is 6.64. The molecule has 2 aliphatic rings. The van der Waals surface area contributed by atoms with Crippen molar-refractivity contribution in [1.29, 1.82) is 0 Å². The minimum Gasteiger partial charge on any atom is -0.378 e. The Balaban J connectivity index is 1.60. The molecule has 0 amide bonds. The van der Waals surface area contributed by atoms with Crippen LogP contribution in [0.15, 0.2) is 81.6 Å². The van der Waals surface area contributed by atoms with Crippen LogP contribution < -0.4 is 0 Å². The summed E-state index contributed by atoms with van der Waals surface area (Å²) in [6.45, 7) is 3.11. The molecule has 0 bridgehead atoms. The van der Waals surface area contributed by atoms with Gasteiger partial charge in [-0.25, -0.2) is 0 Å². The minimum atomic E-state index is -0.415. The Morgan fingerprint density at radius 3 is 2.42 bits per heavy atom. The van der Waals surface area contributed by atoms with Gasteiger partial charge in [0.2, 0.25) is 0 Å². The Labute approximate surface area is 181 Å². The van der Waals surface area contributed by atoms with Gasteiger partial charge in [-0.1, -0.05) is 42.5 Å². The highest BCUT2D eigenvalue weighted by atomic mass is 16.6. The first-order valence-electron chi connectivity index (χ1n) is 10.3. The average Bonchev–Trinajstić information content (AvgIpc) is 3.20. The van der Waals surface area contributed by atoms with Crippen molar-refractivity contribution in [2.45, 2.75) is 12.8 Å². The number of benzene rings is 2. The molecule has 4 rings (SSSR count). The first-order chi connectivity index (χ1) is 15.2. The van der Waals surface area contributed by atoms with Crippen molar-refractivity contribution < 1.29 is 9.66 Å². The highest BCUT2D eigenvalue weighted by Crippen LogP contribution is 2.35. The molecule has 1 aliphatic heterocycles. The number of rotatable bonds is 6. The van der Waals surface area contributed by atoms with Gasteiger partial charge in [0.25, 0.3) is 5.69 Å². The lowest BCUT2D eigenvalue weighted by molar-refractivity contribution is -0.385. The van der Waals surface area contributed by atoms with Gasteiger partial charge in [0.05, 0.1) is 36.1 Å². The summed E-state index contributed by atoms with van der Waals surface area (Å²) in [5.74, 6) is 0. The quantitative estimate of drug-likeness (QED) is 0.395. The molecule has 7 heteroatoms. The van der Waals surface area contributed by atoms with Crippen LogP contribution in [0.2, 0.25) is 0 Å². The maximum atomic E-state index is 11.1. The van der Waals surface area contributed by atoms with Crippen LogP contribution in [0.5, 0.6) is 0 Å². The van der Waals surface area contributed by atoms with Crippen molar-refractivity contribution in [1.82, 2.24) is 4.90 Å². The summed E-state index contributed by atoms with van der Waals surface area (Å²) >= 11 is 0. The molecule has 31 heavy (non-hydrogen) atoms. The highest BCUT2D eigenvalue weighted by molar-refractivity contribution is 5.87. The molecule has 1 saturated heterocycles. The van der Waals surface area contributed by atoms with Crippen molar-refractivity contribution in [3.63, 3.8) is 0 Å². The molecule has 0 unspecified atom stereocenters. The van der Waals surface area contributed by atoms with Crippen LogP contribution in [0, 0.1) is 10.1 Å². The largest absolute Gasteiger partial charge is 0.378 e. The normalized spacial score (nSPS) is 18.6. The predicted molar refractivity (Wildman–Crippen MR) is 122 cm³/mol. The summed E-state index contributed by atoms with van der Waals surface area (Å²) in [5, 5.41) is 19.4. The van der Waals surface area contributed by atoms with Crippen LogP contribution in [-0.2, 0) is 4.74 Å². The van der Waals surface area contributed by atoms with E-state index in [1.165, 1.54) is 29.1 Å². The number of hydrogen-bond acceptors (Lipinski definition) is 6. The van der Waals surface area contributed by atoms with Crippen molar-refractivity contribution in [2.75, 3.05) is 26.3 Å². The Bertz CT molecular complexity index is 1050. The smallest absolute Gasteiger partial charge is 0.278 e. The van der Waals surface area contributed by atoms with Gasteiger partial charge in [-0.2, -0.15) is 10.2 Å². The van der Waals surface area contributed by atoms with E-state index in [1.807, 2.05) is 18.2 Å². The molecule has 1 fully saturated rings. The molecule has 0 N–H and O–H groups in total. The fourth-order valence-electron chi connectivity index (χ4n) is 3.88. The van der Waals surface area contributed by atoms with Crippen molar-refractivity contribution in [3.05, 3.63) is 92.7 Å². The Hall–Kier alpha value is -3.58. The molecule has 2 aromatic carbocycles. The first-order valence-corrected chi connectivity index (χ1v) is 10.3. The van der Waals surface area contributed by atoms with E-state index >= 15 is 0 Å². The lowest BCUT2D eigenvalue weighted by Crippen LogP contribution is -2.36. The predicted octanol–water partition coefficient (Wildman–Crippen LogP) is 4.46. The number of nitro benzene ring substituents is 1. The maximum absolute atomic E-state index is 11.1. The van der Waals surface area contributed by atoms with Crippen LogP contribution >= 0.6 is 0 Å². The third-order valence-electron chi connectivity index (χ3n) is 5.35. The number of morpholine rings is 1. The monoisotopic (exact) mass is 416 g/mol. The molecule has 0 aromatic heterocycles. The molecule has 158 valence electrons. The summed E-state index contributed by atoms with van der Waals surface area (Å²) in [7, 11) is 0. The van der Waals surface area contributed by atoms with E-state index in [4.69, 9.17) is 4.74 Å². The zero-order valence-electron chi connectivity index (χ0n) is 17.2. The second-order valence-electron chi connectivity index (χ2n) is 7.36. The van der Waals surface area contributed by atoms with E-state index in [0.717, 1.165) is 31.5 Å². The summed E-state index contributed by atoms with van der Waals surface area (Å²) in [6, 6.07) is 16.8. The number of para-hydroxylation sites is 1. The van der Waals surface area contributed by atoms with Crippen LogP contribution in [-0.4, -0.2) is 48.6 Å². The number of nitro groups is 1. The molecule has 1 aliphatic carbocycles. The lowest BCUT2D eigenvalue weighted by atomic mass is 10.1. The van der Waals surface area contributed by atoms with E-state index in [1.54, 1.807) is 24.4 Å². The summed E-state index contributed by atoms with van der Waals surface area (Å²) in [5.41, 5.74) is 5.25. The van der Waals surface area contributed by atoms with Crippen LogP contribution in [0.1, 0.15) is 24.0 Å². The zero-order chi connectivity index (χ0) is 21.5. The molecule has 0 atom stereocenters. The number of allylic oxidation sites excluding steroid dienone is 2. The third-order valence-corrected chi connectivity index (χ3v) is 5.35. The Morgan fingerprint density at radius 2 is 1.65 bits per heavy atom. The van der Waals surface area contributed by atoms with Gasteiger partial charge in [-0.15, -0.1) is 0 Å².